The van der Waals surface area contributed by atoms with Gasteiger partial charge in [-0.3, -0.25) is 9.59 Å². The molecule has 1 N–H and O–H groups in total. The Kier molecular flexibility index (Phi) is 4.30. The topological polar surface area (TPSA) is 76.1 Å². The van der Waals surface area contributed by atoms with E-state index in [1.165, 1.54) is 14.2 Å². The molecular weight excluding hydrogens is 370 g/mol. The van der Waals surface area contributed by atoms with Crippen molar-refractivity contribution in [3.8, 4) is 11.5 Å². The van der Waals surface area contributed by atoms with E-state index in [-0.39, 0.29) is 29.2 Å². The molecule has 1 aromatic rings. The predicted molar refractivity (Wildman–Crippen MR) is 108 cm³/mol. The fraction of sp³-hybridized carbons (Fsp3) is 0.478. The van der Waals surface area contributed by atoms with Crippen molar-refractivity contribution in [3.05, 3.63) is 46.7 Å². The number of benzene rings is 1. The van der Waals surface area contributed by atoms with Crippen LogP contribution in [0, 0.1) is 5.41 Å². The SMILES string of the molecule is COC1=C[C@]23CCN(C(=O)C(C)(C)C)[C@H](Cc4ccc(OC)c(O)c42)C3=CC1=O. The Balaban J connectivity index is 1.96. The molecule has 2 bridgehead atoms. The normalized spacial score (nSPS) is 25.5. The molecule has 2 atom stereocenters. The van der Waals surface area contributed by atoms with Crippen LogP contribution in [0.15, 0.2) is 35.6 Å². The molecule has 1 aliphatic heterocycles. The lowest BCUT2D eigenvalue weighted by atomic mass is 9.58. The third-order valence-corrected chi connectivity index (χ3v) is 6.33. The number of phenolic OH excluding ortho intramolecular Hbond substituents is 1. The lowest BCUT2D eigenvalue weighted by molar-refractivity contribution is -0.142. The molecule has 6 heteroatoms. The second-order valence-corrected chi connectivity index (χ2v) is 9.02. The first kappa shape index (κ1) is 19.6. The van der Waals surface area contributed by atoms with E-state index in [1.807, 2.05) is 37.8 Å². The average molecular weight is 397 g/mol. The minimum absolute atomic E-state index is 0.0622. The van der Waals surface area contributed by atoms with Crippen molar-refractivity contribution in [2.75, 3.05) is 20.8 Å². The van der Waals surface area contributed by atoms with Gasteiger partial charge in [0.15, 0.2) is 17.3 Å². The molecule has 1 fully saturated rings. The van der Waals surface area contributed by atoms with Crippen LogP contribution in [0.3, 0.4) is 0 Å². The van der Waals surface area contributed by atoms with Gasteiger partial charge in [0, 0.05) is 22.9 Å². The van der Waals surface area contributed by atoms with Gasteiger partial charge in [-0.05, 0) is 42.2 Å². The molecule has 0 spiro atoms. The second-order valence-electron chi connectivity index (χ2n) is 9.02. The molecule has 29 heavy (non-hydrogen) atoms. The molecule has 3 aliphatic rings. The molecule has 0 unspecified atom stereocenters. The largest absolute Gasteiger partial charge is 0.504 e. The standard InChI is InChI=1S/C23H27NO5/c1-22(2,3)21(27)24-9-8-23-12-18(29-5)16(25)11-14(23)15(24)10-13-6-7-17(28-4)20(26)19(13)23/h6-7,11-12,15,26H,8-10H2,1-5H3/t15-,23+/m1/s1. The zero-order valence-electron chi connectivity index (χ0n) is 17.5. The number of likely N-dealkylation sites (tertiary alicyclic amines) is 1. The molecule has 1 heterocycles. The van der Waals surface area contributed by atoms with E-state index in [1.54, 1.807) is 12.1 Å². The molecule has 0 aromatic heterocycles. The maximum atomic E-state index is 13.2. The quantitative estimate of drug-likeness (QED) is 0.831. The number of nitrogens with zero attached hydrogens (tertiary/aromatic N) is 1. The first-order chi connectivity index (χ1) is 13.6. The Morgan fingerprint density at radius 1 is 1.24 bits per heavy atom. The molecule has 6 nitrogen and oxygen atoms in total. The van der Waals surface area contributed by atoms with Crippen LogP contribution in [0.4, 0.5) is 0 Å². The average Bonchev–Trinajstić information content (AvgIpc) is 2.66. The molecule has 1 saturated heterocycles. The molecular formula is C23H27NO5. The van der Waals surface area contributed by atoms with Crippen LogP contribution < -0.4 is 4.74 Å². The van der Waals surface area contributed by atoms with Crippen LogP contribution in [-0.4, -0.2) is 48.5 Å². The second kappa shape index (κ2) is 6.37. The molecule has 2 aliphatic carbocycles. The smallest absolute Gasteiger partial charge is 0.228 e. The van der Waals surface area contributed by atoms with E-state index >= 15 is 0 Å². The summed E-state index contributed by atoms with van der Waals surface area (Å²) in [6.07, 6.45) is 4.54. The lowest BCUT2D eigenvalue weighted by Crippen LogP contribution is -2.59. The van der Waals surface area contributed by atoms with Gasteiger partial charge in [-0.25, -0.2) is 0 Å². The summed E-state index contributed by atoms with van der Waals surface area (Å²) in [5.74, 6) is 0.601. The molecule has 1 aromatic carbocycles. The summed E-state index contributed by atoms with van der Waals surface area (Å²) in [5, 5.41) is 11.0. The van der Waals surface area contributed by atoms with Gasteiger partial charge in [-0.15, -0.1) is 0 Å². The first-order valence-electron chi connectivity index (χ1n) is 9.87. The molecule has 0 saturated carbocycles. The molecule has 154 valence electrons. The van der Waals surface area contributed by atoms with E-state index in [4.69, 9.17) is 9.47 Å². The van der Waals surface area contributed by atoms with Gasteiger partial charge >= 0.3 is 0 Å². The number of carbonyl (C=O) groups is 2. The number of piperidine rings is 1. The predicted octanol–water partition coefficient (Wildman–Crippen LogP) is 2.88. The number of rotatable bonds is 2. The van der Waals surface area contributed by atoms with Crippen molar-refractivity contribution in [1.82, 2.24) is 4.90 Å². The monoisotopic (exact) mass is 397 g/mol. The number of fused-ring (bicyclic) bond motifs is 1. The van der Waals surface area contributed by atoms with E-state index in [9.17, 15) is 14.7 Å². The number of aromatic hydroxyl groups is 1. The van der Waals surface area contributed by atoms with Gasteiger partial charge in [0.1, 0.15) is 0 Å². The summed E-state index contributed by atoms with van der Waals surface area (Å²) in [7, 11) is 3.00. The fourth-order valence-corrected chi connectivity index (χ4v) is 5.00. The van der Waals surface area contributed by atoms with Crippen molar-refractivity contribution in [2.24, 2.45) is 5.41 Å². The summed E-state index contributed by atoms with van der Waals surface area (Å²) in [4.78, 5) is 27.7. The maximum Gasteiger partial charge on any atom is 0.228 e. The minimum Gasteiger partial charge on any atom is -0.504 e. The Morgan fingerprint density at radius 2 is 1.97 bits per heavy atom. The number of phenols is 1. The van der Waals surface area contributed by atoms with Gasteiger partial charge in [-0.1, -0.05) is 26.8 Å². The third kappa shape index (κ3) is 2.69. The van der Waals surface area contributed by atoms with Gasteiger partial charge in [0.05, 0.1) is 20.3 Å². The highest BCUT2D eigenvalue weighted by atomic mass is 16.5. The minimum atomic E-state index is -0.690. The van der Waals surface area contributed by atoms with Crippen LogP contribution in [0.25, 0.3) is 0 Å². The number of carbonyl (C=O) groups excluding carboxylic acids is 2. The number of hydrogen-bond donors (Lipinski definition) is 1. The lowest BCUT2D eigenvalue weighted by Gasteiger charge is -2.54. The maximum absolute atomic E-state index is 13.2. The highest BCUT2D eigenvalue weighted by Crippen LogP contribution is 2.56. The van der Waals surface area contributed by atoms with Crippen LogP contribution in [-0.2, 0) is 26.2 Å². The van der Waals surface area contributed by atoms with Crippen LogP contribution in [0.5, 0.6) is 11.5 Å². The zero-order chi connectivity index (χ0) is 21.1. The summed E-state index contributed by atoms with van der Waals surface area (Å²) in [6, 6.07) is 3.47. The summed E-state index contributed by atoms with van der Waals surface area (Å²) in [5.41, 5.74) is 1.35. The van der Waals surface area contributed by atoms with Crippen LogP contribution in [0.2, 0.25) is 0 Å². The number of methoxy groups -OCH3 is 2. The van der Waals surface area contributed by atoms with Crippen molar-refractivity contribution in [2.45, 2.75) is 45.1 Å². The van der Waals surface area contributed by atoms with Gasteiger partial charge in [0.25, 0.3) is 0 Å². The van der Waals surface area contributed by atoms with E-state index < -0.39 is 10.8 Å². The Morgan fingerprint density at radius 3 is 2.59 bits per heavy atom. The third-order valence-electron chi connectivity index (χ3n) is 6.33. The van der Waals surface area contributed by atoms with Gasteiger partial charge in [0.2, 0.25) is 11.7 Å². The summed E-state index contributed by atoms with van der Waals surface area (Å²) in [6.45, 7) is 6.27. The number of amides is 1. The van der Waals surface area contributed by atoms with Crippen LogP contribution >= 0.6 is 0 Å². The van der Waals surface area contributed by atoms with Crippen molar-refractivity contribution >= 4 is 11.7 Å². The molecule has 1 amide bonds. The zero-order valence-corrected chi connectivity index (χ0v) is 17.5. The van der Waals surface area contributed by atoms with E-state index in [0.29, 0.717) is 25.1 Å². The summed E-state index contributed by atoms with van der Waals surface area (Å²) < 4.78 is 10.7. The van der Waals surface area contributed by atoms with Crippen LogP contribution in [0.1, 0.15) is 38.3 Å². The van der Waals surface area contributed by atoms with E-state index in [2.05, 4.69) is 0 Å². The van der Waals surface area contributed by atoms with E-state index in [0.717, 1.165) is 16.7 Å². The van der Waals surface area contributed by atoms with Crippen molar-refractivity contribution in [3.63, 3.8) is 0 Å². The summed E-state index contributed by atoms with van der Waals surface area (Å²) >= 11 is 0. The fourth-order valence-electron chi connectivity index (χ4n) is 5.00. The highest BCUT2D eigenvalue weighted by molar-refractivity contribution is 6.05. The Labute approximate surface area is 170 Å². The number of ether oxygens (including phenoxy) is 2. The molecule has 4 rings (SSSR count). The van der Waals surface area contributed by atoms with Gasteiger partial charge < -0.3 is 19.5 Å². The number of ketones is 1. The Hall–Kier alpha value is -2.76. The Bertz CT molecular complexity index is 968. The number of hydrogen-bond acceptors (Lipinski definition) is 5. The first-order valence-corrected chi connectivity index (χ1v) is 9.87. The highest BCUT2D eigenvalue weighted by Gasteiger charge is 2.54. The van der Waals surface area contributed by atoms with Crippen molar-refractivity contribution < 1.29 is 24.2 Å². The number of allylic oxidation sites excluding steroid dienone is 2. The van der Waals surface area contributed by atoms with Crippen molar-refractivity contribution in [1.29, 1.82) is 0 Å². The molecule has 0 radical (unpaired) electrons. The van der Waals surface area contributed by atoms with Gasteiger partial charge in [-0.2, -0.15) is 0 Å².